The molecular formula is C3H4INO. The zero-order chi connectivity index (χ0) is 4.57. The first kappa shape index (κ1) is 4.36. The molecule has 1 fully saturated rings. The Morgan fingerprint density at radius 1 is 2.00 bits per heavy atom. The number of rotatable bonds is 0. The fourth-order valence-electron chi connectivity index (χ4n) is 0.316. The van der Waals surface area contributed by atoms with Crippen LogP contribution in [0.3, 0.4) is 0 Å². The van der Waals surface area contributed by atoms with E-state index in [2.05, 4.69) is 27.9 Å². The minimum Gasteiger partial charge on any atom is -0.344 e. The van der Waals surface area contributed by atoms with E-state index in [-0.39, 0.29) is 5.91 Å². The molecule has 1 aliphatic rings. The molecule has 2 nitrogen and oxygen atoms in total. The van der Waals surface area contributed by atoms with Gasteiger partial charge in [0.15, 0.2) is 0 Å². The van der Waals surface area contributed by atoms with E-state index >= 15 is 0 Å². The Bertz CT molecular complexity index is 74.9. The molecule has 0 aromatic rings. The molecule has 1 saturated heterocycles. The Labute approximate surface area is 49.4 Å². The van der Waals surface area contributed by atoms with Crippen molar-refractivity contribution in [1.82, 2.24) is 5.32 Å². The molecule has 0 bridgehead atoms. The Balaban J connectivity index is 2.28. The highest BCUT2D eigenvalue weighted by Gasteiger charge is 2.20. The van der Waals surface area contributed by atoms with Gasteiger partial charge in [-0.2, -0.15) is 0 Å². The second kappa shape index (κ2) is 1.36. The van der Waals surface area contributed by atoms with Crippen LogP contribution in [0.15, 0.2) is 0 Å². The van der Waals surface area contributed by atoms with Gasteiger partial charge in [-0.1, -0.05) is 22.6 Å². The molecule has 1 amide bonds. The van der Waals surface area contributed by atoms with Crippen molar-refractivity contribution in [2.45, 2.75) is 10.5 Å². The van der Waals surface area contributed by atoms with Gasteiger partial charge in [-0.05, 0) is 0 Å². The molecule has 1 heterocycles. The van der Waals surface area contributed by atoms with E-state index in [1.807, 2.05) is 0 Å². The lowest BCUT2D eigenvalue weighted by Crippen LogP contribution is -2.43. The van der Waals surface area contributed by atoms with Gasteiger partial charge in [0.25, 0.3) is 0 Å². The van der Waals surface area contributed by atoms with Gasteiger partial charge in [-0.3, -0.25) is 4.79 Å². The molecule has 0 radical (unpaired) electrons. The van der Waals surface area contributed by atoms with Crippen molar-refractivity contribution < 1.29 is 4.79 Å². The summed E-state index contributed by atoms with van der Waals surface area (Å²) in [6.07, 6.45) is 0.709. The molecule has 0 aliphatic carbocycles. The number of amides is 1. The van der Waals surface area contributed by atoms with E-state index in [4.69, 9.17) is 0 Å². The third kappa shape index (κ3) is 0.640. The molecule has 34 valence electrons. The number of nitrogens with one attached hydrogen (secondary N) is 1. The number of β-lactam (4-membered cyclic amide) rings is 1. The van der Waals surface area contributed by atoms with Crippen LogP contribution < -0.4 is 5.32 Å². The predicted octanol–water partition coefficient (Wildman–Crippen LogP) is 0.267. The zero-order valence-electron chi connectivity index (χ0n) is 3.07. The maximum Gasteiger partial charge on any atom is 0.223 e. The lowest BCUT2D eigenvalue weighted by molar-refractivity contribution is -0.125. The van der Waals surface area contributed by atoms with Crippen LogP contribution in [-0.2, 0) is 4.79 Å². The Morgan fingerprint density at radius 2 is 2.50 bits per heavy atom. The van der Waals surface area contributed by atoms with Gasteiger partial charge in [0.05, 0.1) is 10.5 Å². The van der Waals surface area contributed by atoms with Gasteiger partial charge in [0.1, 0.15) is 0 Å². The van der Waals surface area contributed by atoms with E-state index in [9.17, 15) is 4.79 Å². The monoisotopic (exact) mass is 197 g/mol. The van der Waals surface area contributed by atoms with Crippen LogP contribution in [0, 0.1) is 0 Å². The van der Waals surface area contributed by atoms with Crippen molar-refractivity contribution in [3.05, 3.63) is 0 Å². The minimum absolute atomic E-state index is 0.175. The second-order valence-electron chi connectivity index (χ2n) is 1.24. The Kier molecular flexibility index (Phi) is 0.992. The van der Waals surface area contributed by atoms with Crippen molar-refractivity contribution in [1.29, 1.82) is 0 Å². The van der Waals surface area contributed by atoms with Crippen molar-refractivity contribution in [2.24, 2.45) is 0 Å². The number of hydrogen-bond acceptors (Lipinski definition) is 1. The van der Waals surface area contributed by atoms with Gasteiger partial charge in [-0.15, -0.1) is 0 Å². The summed E-state index contributed by atoms with van der Waals surface area (Å²) in [4.78, 5) is 9.99. The molecule has 0 aromatic carbocycles. The van der Waals surface area contributed by atoms with Gasteiger partial charge in [0.2, 0.25) is 5.91 Å². The number of alkyl halides is 1. The highest BCUT2D eigenvalue weighted by molar-refractivity contribution is 14.1. The summed E-state index contributed by atoms with van der Waals surface area (Å²) in [5.41, 5.74) is 0. The van der Waals surface area contributed by atoms with E-state index < -0.39 is 0 Å². The van der Waals surface area contributed by atoms with Crippen LogP contribution in [-0.4, -0.2) is 9.96 Å². The molecule has 0 saturated carbocycles. The molecule has 1 N–H and O–H groups in total. The molecule has 6 heavy (non-hydrogen) atoms. The molecule has 1 unspecified atom stereocenters. The van der Waals surface area contributed by atoms with Crippen molar-refractivity contribution in [3.63, 3.8) is 0 Å². The Hall–Kier alpha value is 0.200. The lowest BCUT2D eigenvalue weighted by atomic mass is 10.3. The van der Waals surface area contributed by atoms with E-state index in [1.54, 1.807) is 0 Å². The summed E-state index contributed by atoms with van der Waals surface area (Å²) in [6.45, 7) is 0. The van der Waals surface area contributed by atoms with E-state index in [0.717, 1.165) is 0 Å². The molecule has 1 rings (SSSR count). The summed E-state index contributed by atoms with van der Waals surface area (Å²) in [5, 5.41) is 2.65. The standard InChI is InChI=1S/C3H4INO/c4-2-1-3(6)5-2/h2H,1H2,(H,5,6). The zero-order valence-corrected chi connectivity index (χ0v) is 5.23. The minimum atomic E-state index is 0.175. The summed E-state index contributed by atoms with van der Waals surface area (Å²) in [5.74, 6) is 0.175. The summed E-state index contributed by atoms with van der Waals surface area (Å²) in [6, 6.07) is 0. The molecule has 1 atom stereocenters. The molecule has 3 heteroatoms. The van der Waals surface area contributed by atoms with Crippen molar-refractivity contribution >= 4 is 28.5 Å². The van der Waals surface area contributed by atoms with E-state index in [0.29, 0.717) is 10.5 Å². The first-order valence-electron chi connectivity index (χ1n) is 1.72. The maximum absolute atomic E-state index is 9.99. The second-order valence-corrected chi connectivity index (χ2v) is 2.74. The quantitative estimate of drug-likeness (QED) is 0.257. The third-order valence-electron chi connectivity index (χ3n) is 0.682. The smallest absolute Gasteiger partial charge is 0.223 e. The van der Waals surface area contributed by atoms with Crippen LogP contribution in [0.2, 0.25) is 0 Å². The topological polar surface area (TPSA) is 29.1 Å². The van der Waals surface area contributed by atoms with Gasteiger partial charge in [-0.25, -0.2) is 0 Å². The number of carbonyl (C=O) groups is 1. The maximum atomic E-state index is 9.99. The lowest BCUT2D eigenvalue weighted by Gasteiger charge is -2.19. The van der Waals surface area contributed by atoms with Crippen LogP contribution in [0.4, 0.5) is 0 Å². The average Bonchev–Trinajstić information content (AvgIpc) is 1.33. The van der Waals surface area contributed by atoms with Crippen molar-refractivity contribution in [3.8, 4) is 0 Å². The number of halogens is 1. The molecular weight excluding hydrogens is 193 g/mol. The first-order chi connectivity index (χ1) is 2.79. The third-order valence-corrected chi connectivity index (χ3v) is 1.43. The molecule has 1 aliphatic heterocycles. The number of carbonyl (C=O) groups excluding carboxylic acids is 1. The summed E-state index contributed by atoms with van der Waals surface area (Å²) in [7, 11) is 0. The SMILES string of the molecule is O=C1CC(I)N1. The normalized spacial score (nSPS) is 31.5. The highest BCUT2D eigenvalue weighted by Crippen LogP contribution is 2.09. The average molecular weight is 197 g/mol. The van der Waals surface area contributed by atoms with Crippen molar-refractivity contribution in [2.75, 3.05) is 0 Å². The molecule has 0 aromatic heterocycles. The van der Waals surface area contributed by atoms with Crippen LogP contribution in [0.25, 0.3) is 0 Å². The van der Waals surface area contributed by atoms with Gasteiger partial charge in [0, 0.05) is 0 Å². The summed E-state index contributed by atoms with van der Waals surface area (Å²) >= 11 is 2.18. The fourth-order valence-corrected chi connectivity index (χ4v) is 1.06. The highest BCUT2D eigenvalue weighted by atomic mass is 127. The Morgan fingerprint density at radius 3 is 2.50 bits per heavy atom. The largest absolute Gasteiger partial charge is 0.344 e. The van der Waals surface area contributed by atoms with Crippen LogP contribution in [0.5, 0.6) is 0 Å². The fraction of sp³-hybridized carbons (Fsp3) is 0.667. The van der Waals surface area contributed by atoms with E-state index in [1.165, 1.54) is 0 Å². The predicted molar refractivity (Wildman–Crippen MR) is 30.6 cm³/mol. The van der Waals surface area contributed by atoms with Gasteiger partial charge < -0.3 is 5.32 Å². The first-order valence-corrected chi connectivity index (χ1v) is 2.97. The number of hydrogen-bond donors (Lipinski definition) is 1. The van der Waals surface area contributed by atoms with Crippen LogP contribution >= 0.6 is 22.6 Å². The molecule has 0 spiro atoms. The van der Waals surface area contributed by atoms with Gasteiger partial charge >= 0.3 is 0 Å². The van der Waals surface area contributed by atoms with Crippen LogP contribution in [0.1, 0.15) is 6.42 Å². The summed E-state index contributed by atoms with van der Waals surface area (Å²) < 4.78 is 0.412.